The second-order valence-corrected chi connectivity index (χ2v) is 13.8. The molecule has 0 amide bonds. The van der Waals surface area contributed by atoms with Crippen molar-refractivity contribution in [3.05, 3.63) is 68.9 Å². The minimum atomic E-state index is -0.556. The van der Waals surface area contributed by atoms with E-state index in [1.807, 2.05) is 41.8 Å². The second kappa shape index (κ2) is 12.2. The first-order chi connectivity index (χ1) is 16.3. The van der Waals surface area contributed by atoms with Crippen LogP contribution >= 0.6 is 29.9 Å². The van der Waals surface area contributed by atoms with Crippen LogP contribution in [0.5, 0.6) is 23.0 Å². The van der Waals surface area contributed by atoms with Crippen molar-refractivity contribution in [2.75, 3.05) is 14.2 Å². The number of thiophene rings is 1. The van der Waals surface area contributed by atoms with Gasteiger partial charge in [0.1, 0.15) is 23.0 Å². The predicted molar refractivity (Wildman–Crippen MR) is 144 cm³/mol. The van der Waals surface area contributed by atoms with Crippen LogP contribution in [-0.4, -0.2) is 24.4 Å². The SMILES string of the molecule is COc1cc(C(c2cccs2)c2cc(OC)cc(C(C)(C)C)c2O)c(O)c(C(C)(C)C)c1.[Cl][Ti][Cl]. The van der Waals surface area contributed by atoms with Gasteiger partial charge in [-0.2, -0.15) is 0 Å². The van der Waals surface area contributed by atoms with E-state index in [-0.39, 0.29) is 28.2 Å². The topological polar surface area (TPSA) is 58.9 Å². The number of methoxy groups -OCH3 is 2. The van der Waals surface area contributed by atoms with Crippen molar-refractivity contribution in [1.82, 2.24) is 0 Å². The van der Waals surface area contributed by atoms with Gasteiger partial charge < -0.3 is 19.7 Å². The molecule has 2 aromatic carbocycles. The number of rotatable bonds is 5. The molecule has 1 aromatic heterocycles. The van der Waals surface area contributed by atoms with E-state index in [9.17, 15) is 10.2 Å². The first kappa shape index (κ1) is 29.9. The molecule has 4 nitrogen and oxygen atoms in total. The van der Waals surface area contributed by atoms with Crippen molar-refractivity contribution < 1.29 is 36.7 Å². The molecule has 0 aliphatic carbocycles. The van der Waals surface area contributed by atoms with Gasteiger partial charge in [-0.15, -0.1) is 11.3 Å². The summed E-state index contributed by atoms with van der Waals surface area (Å²) >= 11 is 1.03. The number of hydrogen-bond donors (Lipinski definition) is 2. The fraction of sp³-hybridized carbons (Fsp3) is 0.407. The number of ether oxygens (including phenoxy) is 2. The molecule has 0 bridgehead atoms. The Morgan fingerprint density at radius 1 is 0.800 bits per heavy atom. The quantitative estimate of drug-likeness (QED) is 0.302. The Bertz CT molecular complexity index is 1050. The normalized spacial score (nSPS) is 11.6. The van der Waals surface area contributed by atoms with Gasteiger partial charge in [0.2, 0.25) is 0 Å². The second-order valence-electron chi connectivity index (χ2n) is 10.2. The Hall–Kier alpha value is -1.37. The van der Waals surface area contributed by atoms with Gasteiger partial charge in [-0.25, -0.2) is 0 Å². The molecule has 0 spiro atoms. The Morgan fingerprint density at radius 3 is 1.49 bits per heavy atom. The third kappa shape index (κ3) is 7.11. The van der Waals surface area contributed by atoms with E-state index in [0.717, 1.165) is 16.0 Å². The average molecular weight is 573 g/mol. The van der Waals surface area contributed by atoms with Crippen LogP contribution in [0.3, 0.4) is 0 Å². The van der Waals surface area contributed by atoms with Crippen molar-refractivity contribution in [2.45, 2.75) is 58.3 Å². The van der Waals surface area contributed by atoms with Crippen molar-refractivity contribution >= 4 is 29.9 Å². The molecular weight excluding hydrogens is 539 g/mol. The zero-order chi connectivity index (χ0) is 26.6. The monoisotopic (exact) mass is 572 g/mol. The molecule has 0 aliphatic heterocycles. The summed E-state index contributed by atoms with van der Waals surface area (Å²) in [7, 11) is 13.0. The minimum absolute atomic E-state index is 0.219. The molecule has 1 heterocycles. The number of phenols is 2. The molecular formula is C27H34Cl2O4STi. The Balaban J connectivity index is 0.00000137. The molecule has 2 N–H and O–H groups in total. The molecule has 0 radical (unpaired) electrons. The number of phenolic OH excluding ortho intramolecular Hbond substituents is 2. The molecule has 0 atom stereocenters. The number of benzene rings is 2. The molecule has 0 fully saturated rings. The van der Waals surface area contributed by atoms with E-state index in [4.69, 9.17) is 28.1 Å². The van der Waals surface area contributed by atoms with Gasteiger partial charge in [-0.1, -0.05) is 47.6 Å². The predicted octanol–water partition coefficient (Wildman–Crippen LogP) is 8.33. The number of halogens is 2. The van der Waals surface area contributed by atoms with E-state index >= 15 is 0 Å². The van der Waals surface area contributed by atoms with Crippen LogP contribution in [0.2, 0.25) is 0 Å². The molecule has 3 rings (SSSR count). The van der Waals surface area contributed by atoms with E-state index in [0.29, 0.717) is 22.6 Å². The van der Waals surface area contributed by atoms with Gasteiger partial charge in [-0.3, -0.25) is 0 Å². The van der Waals surface area contributed by atoms with Crippen LogP contribution in [0, 0.1) is 0 Å². The molecule has 35 heavy (non-hydrogen) atoms. The third-order valence-corrected chi connectivity index (χ3v) is 6.70. The summed E-state index contributed by atoms with van der Waals surface area (Å²) < 4.78 is 11.2. The van der Waals surface area contributed by atoms with Gasteiger partial charge in [0, 0.05) is 27.1 Å². The summed E-state index contributed by atoms with van der Waals surface area (Å²) in [6.45, 7) is 12.4. The third-order valence-electron chi connectivity index (χ3n) is 5.76. The molecule has 0 aliphatic rings. The molecule has 0 saturated carbocycles. The summed E-state index contributed by atoms with van der Waals surface area (Å²) in [5.74, 6) is 1.39. The zero-order valence-corrected chi connectivity index (χ0v) is 25.4. The van der Waals surface area contributed by atoms with E-state index in [1.165, 1.54) is 0 Å². The van der Waals surface area contributed by atoms with Crippen molar-refractivity contribution in [2.24, 2.45) is 0 Å². The van der Waals surface area contributed by atoms with Crippen molar-refractivity contribution in [3.63, 3.8) is 0 Å². The number of hydrogen-bond acceptors (Lipinski definition) is 5. The van der Waals surface area contributed by atoms with Gasteiger partial charge in [-0.05, 0) is 46.5 Å². The van der Waals surface area contributed by atoms with Crippen molar-refractivity contribution in [3.8, 4) is 23.0 Å². The van der Waals surface area contributed by atoms with Crippen molar-refractivity contribution in [1.29, 1.82) is 0 Å². The summed E-state index contributed by atoms with van der Waals surface area (Å²) in [6.07, 6.45) is 0. The summed E-state index contributed by atoms with van der Waals surface area (Å²) in [5, 5.41) is 24.9. The Morgan fingerprint density at radius 2 is 1.20 bits per heavy atom. The fourth-order valence-electron chi connectivity index (χ4n) is 4.01. The fourth-order valence-corrected chi connectivity index (χ4v) is 4.87. The molecule has 8 heteroatoms. The summed E-state index contributed by atoms with van der Waals surface area (Å²) in [4.78, 5) is 1.01. The molecule has 190 valence electrons. The standard InChI is InChI=1S/C27H34O4S.2ClH.Ti/c1-26(2,3)20-14-16(30-7)12-18(24(20)28)23(22-10-9-11-32-22)19-13-17(31-8)15-21(25(19)29)27(4,5)6;;;/h9-15,23,28-29H,1-8H3;2*1H;/q;;;+2/p-2. The molecule has 0 unspecified atom stereocenters. The Kier molecular flexibility index (Phi) is 10.5. The van der Waals surface area contributed by atoms with Crippen LogP contribution < -0.4 is 9.47 Å². The van der Waals surface area contributed by atoms with Gasteiger partial charge in [0.15, 0.2) is 0 Å². The first-order valence-electron chi connectivity index (χ1n) is 11.1. The van der Waals surface area contributed by atoms with Gasteiger partial charge in [0.25, 0.3) is 0 Å². The summed E-state index contributed by atoms with van der Waals surface area (Å²) in [6, 6.07) is 11.5. The first-order valence-corrected chi connectivity index (χ1v) is 16.3. The zero-order valence-electron chi connectivity index (χ0n) is 21.5. The van der Waals surface area contributed by atoms with Gasteiger partial charge in [0.05, 0.1) is 20.1 Å². The van der Waals surface area contributed by atoms with Crippen LogP contribution in [0.15, 0.2) is 41.8 Å². The molecule has 3 aromatic rings. The van der Waals surface area contributed by atoms with Crippen LogP contribution in [-0.2, 0) is 27.9 Å². The molecule has 0 saturated heterocycles. The van der Waals surface area contributed by atoms with Crippen LogP contribution in [0.4, 0.5) is 0 Å². The van der Waals surface area contributed by atoms with E-state index < -0.39 is 17.0 Å². The van der Waals surface area contributed by atoms with E-state index in [1.54, 1.807) is 25.6 Å². The van der Waals surface area contributed by atoms with E-state index in [2.05, 4.69) is 41.5 Å². The maximum atomic E-state index is 11.5. The summed E-state index contributed by atoms with van der Waals surface area (Å²) in [5.41, 5.74) is 2.40. The van der Waals surface area contributed by atoms with Crippen LogP contribution in [0.1, 0.15) is 74.6 Å². The number of aromatic hydroxyl groups is 2. The Labute approximate surface area is 229 Å². The average Bonchev–Trinajstić information content (AvgIpc) is 3.29. The van der Waals surface area contributed by atoms with Crippen LogP contribution in [0.25, 0.3) is 0 Å². The van der Waals surface area contributed by atoms with Gasteiger partial charge >= 0.3 is 35.6 Å². The maximum absolute atomic E-state index is 11.5.